The lowest BCUT2D eigenvalue weighted by molar-refractivity contribution is 0.921. The molecule has 1 saturated heterocycles. The van der Waals surface area contributed by atoms with E-state index < -0.39 is 0 Å². The van der Waals surface area contributed by atoms with E-state index in [9.17, 15) is 0 Å². The molecule has 5 nitrogen and oxygen atoms in total. The normalized spacial score (nSPS) is 14.2. The Kier molecular flexibility index (Phi) is 3.81. The van der Waals surface area contributed by atoms with Crippen LogP contribution in [0.5, 0.6) is 0 Å². The second-order valence-corrected chi connectivity index (χ2v) is 5.07. The summed E-state index contributed by atoms with van der Waals surface area (Å²) < 4.78 is 0. The first kappa shape index (κ1) is 13.5. The fourth-order valence-corrected chi connectivity index (χ4v) is 2.46. The number of nitrogens with zero attached hydrogens (tertiary/aromatic N) is 4. The molecule has 1 aliphatic heterocycles. The summed E-state index contributed by atoms with van der Waals surface area (Å²) in [7, 11) is 1.86. The number of nitrogens with one attached hydrogen (secondary N) is 1. The van der Waals surface area contributed by atoms with Crippen molar-refractivity contribution in [2.45, 2.75) is 12.8 Å². The molecule has 0 aliphatic carbocycles. The molecule has 0 bridgehead atoms. The molecule has 0 atom stereocenters. The lowest BCUT2D eigenvalue weighted by Gasteiger charge is -2.18. The van der Waals surface area contributed by atoms with Crippen molar-refractivity contribution in [2.24, 2.45) is 0 Å². The van der Waals surface area contributed by atoms with Gasteiger partial charge in [-0.15, -0.1) is 0 Å². The van der Waals surface area contributed by atoms with E-state index >= 15 is 0 Å². The number of aromatic nitrogens is 3. The molecule has 0 spiro atoms. The third-order valence-corrected chi connectivity index (χ3v) is 3.64. The minimum atomic E-state index is 0.627. The Morgan fingerprint density at radius 2 is 2.05 bits per heavy atom. The first-order valence-electron chi connectivity index (χ1n) is 7.20. The van der Waals surface area contributed by atoms with E-state index in [0.717, 1.165) is 36.0 Å². The molecule has 0 aromatic carbocycles. The molecule has 3 rings (SSSR count). The van der Waals surface area contributed by atoms with Crippen LogP contribution in [0.25, 0.3) is 5.57 Å². The van der Waals surface area contributed by atoms with Crippen LogP contribution in [-0.2, 0) is 0 Å². The Morgan fingerprint density at radius 3 is 2.71 bits per heavy atom. The molecule has 3 heterocycles. The van der Waals surface area contributed by atoms with Crippen molar-refractivity contribution in [3.8, 4) is 0 Å². The Labute approximate surface area is 124 Å². The SMILES string of the molecule is C=C(c1ccccn1)c1nc(NC)cc(N2CCCC2)n1. The topological polar surface area (TPSA) is 53.9 Å². The van der Waals surface area contributed by atoms with E-state index in [0.29, 0.717) is 5.82 Å². The van der Waals surface area contributed by atoms with Crippen LogP contribution < -0.4 is 10.2 Å². The largest absolute Gasteiger partial charge is 0.373 e. The van der Waals surface area contributed by atoms with Gasteiger partial charge >= 0.3 is 0 Å². The number of hydrogen-bond acceptors (Lipinski definition) is 5. The molecular formula is C16H19N5. The Balaban J connectivity index is 1.97. The van der Waals surface area contributed by atoms with Crippen LogP contribution in [0.2, 0.25) is 0 Å². The Bertz CT molecular complexity index is 632. The van der Waals surface area contributed by atoms with Gasteiger partial charge in [-0.3, -0.25) is 4.98 Å². The molecule has 1 fully saturated rings. The number of hydrogen-bond donors (Lipinski definition) is 1. The van der Waals surface area contributed by atoms with Crippen LogP contribution in [0.15, 0.2) is 37.0 Å². The van der Waals surface area contributed by atoms with Crippen molar-refractivity contribution in [3.63, 3.8) is 0 Å². The lowest BCUT2D eigenvalue weighted by Crippen LogP contribution is -2.20. The van der Waals surface area contributed by atoms with Crippen LogP contribution in [0.1, 0.15) is 24.4 Å². The molecule has 21 heavy (non-hydrogen) atoms. The third-order valence-electron chi connectivity index (χ3n) is 3.64. The molecule has 108 valence electrons. The van der Waals surface area contributed by atoms with Gasteiger partial charge in [-0.1, -0.05) is 12.6 Å². The standard InChI is InChI=1S/C16H19N5/c1-12(13-7-3-4-8-18-13)16-19-14(17-2)11-15(20-16)21-9-5-6-10-21/h3-4,7-8,11H,1,5-6,9-10H2,2H3,(H,17,19,20). The first-order valence-corrected chi connectivity index (χ1v) is 7.20. The minimum Gasteiger partial charge on any atom is -0.373 e. The number of rotatable bonds is 4. The van der Waals surface area contributed by atoms with E-state index in [1.54, 1.807) is 6.20 Å². The second-order valence-electron chi connectivity index (χ2n) is 5.07. The molecule has 1 aliphatic rings. The zero-order valence-corrected chi connectivity index (χ0v) is 12.2. The van der Waals surface area contributed by atoms with Crippen molar-refractivity contribution < 1.29 is 0 Å². The number of anilines is 2. The highest BCUT2D eigenvalue weighted by atomic mass is 15.2. The molecule has 0 unspecified atom stereocenters. The van der Waals surface area contributed by atoms with E-state index in [1.807, 2.05) is 31.3 Å². The van der Waals surface area contributed by atoms with Gasteiger partial charge < -0.3 is 10.2 Å². The maximum Gasteiger partial charge on any atom is 0.165 e. The number of pyridine rings is 1. The quantitative estimate of drug-likeness (QED) is 0.933. The van der Waals surface area contributed by atoms with Gasteiger partial charge in [-0.25, -0.2) is 9.97 Å². The molecular weight excluding hydrogens is 262 g/mol. The second kappa shape index (κ2) is 5.91. The monoisotopic (exact) mass is 281 g/mol. The van der Waals surface area contributed by atoms with Gasteiger partial charge in [0.25, 0.3) is 0 Å². The van der Waals surface area contributed by atoms with Crippen molar-refractivity contribution in [2.75, 3.05) is 30.4 Å². The van der Waals surface area contributed by atoms with E-state index in [2.05, 4.69) is 31.7 Å². The summed E-state index contributed by atoms with van der Waals surface area (Å²) >= 11 is 0. The first-order chi connectivity index (χ1) is 10.3. The summed E-state index contributed by atoms with van der Waals surface area (Å²) in [5.41, 5.74) is 1.55. The minimum absolute atomic E-state index is 0.627. The van der Waals surface area contributed by atoms with Crippen LogP contribution >= 0.6 is 0 Å². The average Bonchev–Trinajstić information content (AvgIpc) is 3.09. The summed E-state index contributed by atoms with van der Waals surface area (Å²) in [5, 5.41) is 3.10. The van der Waals surface area contributed by atoms with Gasteiger partial charge in [0, 0.05) is 38.0 Å². The van der Waals surface area contributed by atoms with Gasteiger partial charge in [-0.2, -0.15) is 0 Å². The van der Waals surface area contributed by atoms with E-state index in [4.69, 9.17) is 0 Å². The molecule has 2 aromatic heterocycles. The van der Waals surface area contributed by atoms with Crippen molar-refractivity contribution in [1.29, 1.82) is 0 Å². The summed E-state index contributed by atoms with van der Waals surface area (Å²) in [5.74, 6) is 2.39. The maximum atomic E-state index is 4.67. The van der Waals surface area contributed by atoms with Crippen molar-refractivity contribution >= 4 is 17.2 Å². The highest BCUT2D eigenvalue weighted by Crippen LogP contribution is 2.24. The highest BCUT2D eigenvalue weighted by molar-refractivity contribution is 5.73. The van der Waals surface area contributed by atoms with E-state index in [1.165, 1.54) is 12.8 Å². The Morgan fingerprint density at radius 1 is 1.24 bits per heavy atom. The lowest BCUT2D eigenvalue weighted by atomic mass is 10.2. The summed E-state index contributed by atoms with van der Waals surface area (Å²) in [6.45, 7) is 6.21. The molecule has 0 saturated carbocycles. The van der Waals surface area contributed by atoms with Gasteiger partial charge in [0.1, 0.15) is 11.6 Å². The predicted molar refractivity (Wildman–Crippen MR) is 85.4 cm³/mol. The summed E-state index contributed by atoms with van der Waals surface area (Å²) in [6.07, 6.45) is 4.19. The van der Waals surface area contributed by atoms with Crippen molar-refractivity contribution in [1.82, 2.24) is 15.0 Å². The smallest absolute Gasteiger partial charge is 0.165 e. The highest BCUT2D eigenvalue weighted by Gasteiger charge is 2.17. The molecule has 0 amide bonds. The molecule has 2 aromatic rings. The van der Waals surface area contributed by atoms with Gasteiger partial charge in [0.2, 0.25) is 0 Å². The third kappa shape index (κ3) is 2.86. The maximum absolute atomic E-state index is 4.67. The van der Waals surface area contributed by atoms with Gasteiger partial charge in [0.05, 0.1) is 5.69 Å². The summed E-state index contributed by atoms with van der Waals surface area (Å²) in [6, 6.07) is 7.74. The average molecular weight is 281 g/mol. The molecule has 0 radical (unpaired) electrons. The van der Waals surface area contributed by atoms with Gasteiger partial charge in [0.15, 0.2) is 5.82 Å². The fourth-order valence-electron chi connectivity index (χ4n) is 2.46. The van der Waals surface area contributed by atoms with Crippen LogP contribution in [0.3, 0.4) is 0 Å². The van der Waals surface area contributed by atoms with Crippen LogP contribution in [0.4, 0.5) is 11.6 Å². The van der Waals surface area contributed by atoms with E-state index in [-0.39, 0.29) is 0 Å². The zero-order valence-electron chi connectivity index (χ0n) is 12.2. The van der Waals surface area contributed by atoms with Crippen molar-refractivity contribution in [3.05, 3.63) is 48.6 Å². The molecule has 5 heteroatoms. The molecule has 1 N–H and O–H groups in total. The zero-order chi connectivity index (χ0) is 14.7. The van der Waals surface area contributed by atoms with Crippen LogP contribution in [0, 0.1) is 0 Å². The fraction of sp³-hybridized carbons (Fsp3) is 0.312. The summed E-state index contributed by atoms with van der Waals surface area (Å²) in [4.78, 5) is 15.8. The van der Waals surface area contributed by atoms with Gasteiger partial charge in [-0.05, 0) is 25.0 Å². The Hall–Kier alpha value is -2.43. The van der Waals surface area contributed by atoms with Crippen LogP contribution in [-0.4, -0.2) is 35.1 Å². The predicted octanol–water partition coefficient (Wildman–Crippen LogP) is 2.58.